The zero-order valence-electron chi connectivity index (χ0n) is 8.97. The summed E-state index contributed by atoms with van der Waals surface area (Å²) in [7, 11) is 0. The Morgan fingerprint density at radius 3 is 2.82 bits per heavy atom. The maximum Gasteiger partial charge on any atom is 0.433 e. The van der Waals surface area contributed by atoms with Crippen LogP contribution in [0.25, 0.3) is 0 Å². The smallest absolute Gasteiger partial charge is 0.316 e. The van der Waals surface area contributed by atoms with Crippen LogP contribution in [0.2, 0.25) is 0 Å². The summed E-state index contributed by atoms with van der Waals surface area (Å²) in [5, 5.41) is 3.12. The minimum atomic E-state index is -4.57. The summed E-state index contributed by atoms with van der Waals surface area (Å²) in [5.74, 6) is 0.272. The Bertz CT molecular complexity index is 449. The Morgan fingerprint density at radius 2 is 2.24 bits per heavy atom. The van der Waals surface area contributed by atoms with Crippen LogP contribution in [0.3, 0.4) is 0 Å². The van der Waals surface area contributed by atoms with Crippen molar-refractivity contribution >= 4 is 0 Å². The zero-order valence-corrected chi connectivity index (χ0v) is 8.97. The zero-order chi connectivity index (χ0) is 12.5. The van der Waals surface area contributed by atoms with Gasteiger partial charge < -0.3 is 10.3 Å². The van der Waals surface area contributed by atoms with Crippen molar-refractivity contribution in [1.82, 2.24) is 15.3 Å². The Labute approximate surface area is 95.3 Å². The van der Waals surface area contributed by atoms with Crippen molar-refractivity contribution in [3.05, 3.63) is 27.9 Å². The number of H-pyrrole nitrogens is 1. The van der Waals surface area contributed by atoms with E-state index >= 15 is 0 Å². The molecule has 1 aliphatic heterocycles. The highest BCUT2D eigenvalue weighted by molar-refractivity contribution is 5.12. The molecule has 1 atom stereocenters. The SMILES string of the molecule is O=c1nc(C(F)(F)F)cc(CC2CCNC2)[nH]1. The molecule has 0 aromatic carbocycles. The van der Waals surface area contributed by atoms with Gasteiger partial charge in [0.2, 0.25) is 0 Å². The standard InChI is InChI=1S/C10H12F3N3O/c11-10(12,13)8-4-7(15-9(17)16-8)3-6-1-2-14-5-6/h4,6,14H,1-3,5H2,(H,15,16,17). The van der Waals surface area contributed by atoms with E-state index in [4.69, 9.17) is 0 Å². The molecular formula is C10H12F3N3O. The topological polar surface area (TPSA) is 57.8 Å². The molecule has 1 unspecified atom stereocenters. The van der Waals surface area contributed by atoms with Crippen molar-refractivity contribution in [3.8, 4) is 0 Å². The number of hydrogen-bond donors (Lipinski definition) is 2. The lowest BCUT2D eigenvalue weighted by atomic mass is 10.0. The highest BCUT2D eigenvalue weighted by Gasteiger charge is 2.33. The van der Waals surface area contributed by atoms with Gasteiger partial charge in [0.15, 0.2) is 5.69 Å². The van der Waals surface area contributed by atoms with Crippen molar-refractivity contribution < 1.29 is 13.2 Å². The largest absolute Gasteiger partial charge is 0.433 e. The second-order valence-corrected chi connectivity index (χ2v) is 4.16. The van der Waals surface area contributed by atoms with Gasteiger partial charge in [0.25, 0.3) is 0 Å². The molecule has 0 aliphatic carbocycles. The molecule has 4 nitrogen and oxygen atoms in total. The summed E-state index contributed by atoms with van der Waals surface area (Å²) in [5.41, 5.74) is -1.77. The molecule has 0 amide bonds. The molecular weight excluding hydrogens is 235 g/mol. The van der Waals surface area contributed by atoms with Gasteiger partial charge in [0.1, 0.15) is 0 Å². The average Bonchev–Trinajstić information content (AvgIpc) is 2.68. The van der Waals surface area contributed by atoms with Gasteiger partial charge in [-0.1, -0.05) is 0 Å². The van der Waals surface area contributed by atoms with Crippen LogP contribution in [-0.4, -0.2) is 23.1 Å². The average molecular weight is 247 g/mol. The van der Waals surface area contributed by atoms with Gasteiger partial charge in [-0.3, -0.25) is 0 Å². The number of hydrogen-bond acceptors (Lipinski definition) is 3. The molecule has 0 saturated carbocycles. The minimum absolute atomic E-state index is 0.272. The quantitative estimate of drug-likeness (QED) is 0.817. The van der Waals surface area contributed by atoms with E-state index in [1.165, 1.54) is 0 Å². The number of rotatable bonds is 2. The Balaban J connectivity index is 2.22. The van der Waals surface area contributed by atoms with Gasteiger partial charge in [0.05, 0.1) is 0 Å². The van der Waals surface area contributed by atoms with Crippen LogP contribution in [0.5, 0.6) is 0 Å². The Kier molecular flexibility index (Phi) is 3.19. The summed E-state index contributed by atoms with van der Waals surface area (Å²) < 4.78 is 37.3. The highest BCUT2D eigenvalue weighted by atomic mass is 19.4. The lowest BCUT2D eigenvalue weighted by molar-refractivity contribution is -0.141. The first-order valence-electron chi connectivity index (χ1n) is 5.33. The molecule has 2 heterocycles. The summed E-state index contributed by atoms with van der Waals surface area (Å²) >= 11 is 0. The third-order valence-corrected chi connectivity index (χ3v) is 2.76. The van der Waals surface area contributed by atoms with Crippen LogP contribution < -0.4 is 11.0 Å². The molecule has 2 rings (SSSR count). The van der Waals surface area contributed by atoms with Crippen LogP contribution in [-0.2, 0) is 12.6 Å². The summed E-state index contributed by atoms with van der Waals surface area (Å²) in [6, 6.07) is 0.916. The van der Waals surface area contributed by atoms with Crippen LogP contribution in [0.15, 0.2) is 10.9 Å². The summed E-state index contributed by atoms with van der Waals surface area (Å²) in [4.78, 5) is 16.3. The Hall–Kier alpha value is -1.37. The predicted octanol–water partition coefficient (Wildman–Crippen LogP) is 0.941. The second-order valence-electron chi connectivity index (χ2n) is 4.16. The lowest BCUT2D eigenvalue weighted by Crippen LogP contribution is -2.22. The van der Waals surface area contributed by atoms with Gasteiger partial charge in [-0.05, 0) is 37.9 Å². The molecule has 1 aromatic rings. The maximum atomic E-state index is 12.4. The van der Waals surface area contributed by atoms with Crippen molar-refractivity contribution in [2.75, 3.05) is 13.1 Å². The molecule has 1 aliphatic rings. The number of aromatic amines is 1. The molecule has 1 fully saturated rings. The fourth-order valence-electron chi connectivity index (χ4n) is 1.96. The molecule has 17 heavy (non-hydrogen) atoms. The number of aromatic nitrogens is 2. The molecule has 1 aromatic heterocycles. The predicted molar refractivity (Wildman–Crippen MR) is 54.5 cm³/mol. The molecule has 7 heteroatoms. The summed E-state index contributed by atoms with van der Waals surface area (Å²) in [6.07, 6.45) is -3.23. The van der Waals surface area contributed by atoms with Crippen molar-refractivity contribution in [2.45, 2.75) is 19.0 Å². The third kappa shape index (κ3) is 3.06. The maximum absolute atomic E-state index is 12.4. The monoisotopic (exact) mass is 247 g/mol. The van der Waals surface area contributed by atoms with Crippen LogP contribution >= 0.6 is 0 Å². The minimum Gasteiger partial charge on any atom is -0.316 e. The first-order chi connectivity index (χ1) is 7.95. The van der Waals surface area contributed by atoms with Crippen LogP contribution in [0, 0.1) is 5.92 Å². The van der Waals surface area contributed by atoms with Gasteiger partial charge in [-0.2, -0.15) is 18.2 Å². The molecule has 0 bridgehead atoms. The number of alkyl halides is 3. The van der Waals surface area contributed by atoms with E-state index in [2.05, 4.69) is 15.3 Å². The third-order valence-electron chi connectivity index (χ3n) is 2.76. The lowest BCUT2D eigenvalue weighted by Gasteiger charge is -2.10. The molecule has 1 saturated heterocycles. The fraction of sp³-hybridized carbons (Fsp3) is 0.600. The van der Waals surface area contributed by atoms with E-state index < -0.39 is 17.6 Å². The van der Waals surface area contributed by atoms with Gasteiger partial charge in [-0.25, -0.2) is 4.79 Å². The van der Waals surface area contributed by atoms with Gasteiger partial charge in [-0.15, -0.1) is 0 Å². The molecule has 2 N–H and O–H groups in total. The van der Waals surface area contributed by atoms with Crippen LogP contribution in [0.1, 0.15) is 17.8 Å². The Morgan fingerprint density at radius 1 is 1.47 bits per heavy atom. The second kappa shape index (κ2) is 4.48. The number of nitrogens with zero attached hydrogens (tertiary/aromatic N) is 1. The first-order valence-corrected chi connectivity index (χ1v) is 5.33. The fourth-order valence-corrected chi connectivity index (χ4v) is 1.96. The van der Waals surface area contributed by atoms with E-state index in [1.54, 1.807) is 0 Å². The first kappa shape index (κ1) is 12.1. The van der Waals surface area contributed by atoms with E-state index in [0.29, 0.717) is 12.1 Å². The van der Waals surface area contributed by atoms with Crippen molar-refractivity contribution in [3.63, 3.8) is 0 Å². The van der Waals surface area contributed by atoms with Crippen molar-refractivity contribution in [1.29, 1.82) is 0 Å². The molecule has 0 spiro atoms. The van der Waals surface area contributed by atoms with E-state index in [0.717, 1.165) is 25.6 Å². The van der Waals surface area contributed by atoms with Crippen molar-refractivity contribution in [2.24, 2.45) is 5.92 Å². The highest BCUT2D eigenvalue weighted by Crippen LogP contribution is 2.27. The van der Waals surface area contributed by atoms with Crippen LogP contribution in [0.4, 0.5) is 13.2 Å². The van der Waals surface area contributed by atoms with E-state index in [9.17, 15) is 18.0 Å². The van der Waals surface area contributed by atoms with Gasteiger partial charge in [0, 0.05) is 5.69 Å². The molecule has 94 valence electrons. The number of halogens is 3. The van der Waals surface area contributed by atoms with E-state index in [1.807, 2.05) is 0 Å². The number of nitrogens with one attached hydrogen (secondary N) is 2. The molecule has 0 radical (unpaired) electrons. The summed E-state index contributed by atoms with van der Waals surface area (Å²) in [6.45, 7) is 1.64. The normalized spacial score (nSPS) is 20.8. The van der Waals surface area contributed by atoms with Gasteiger partial charge >= 0.3 is 11.9 Å². The van der Waals surface area contributed by atoms with E-state index in [-0.39, 0.29) is 5.92 Å².